The lowest BCUT2D eigenvalue weighted by molar-refractivity contribution is -0.238. The van der Waals surface area contributed by atoms with Crippen molar-refractivity contribution < 1.29 is 18.6 Å². The van der Waals surface area contributed by atoms with Gasteiger partial charge in [0.2, 0.25) is 5.79 Å². The van der Waals surface area contributed by atoms with Crippen LogP contribution in [0.4, 0.5) is 0 Å². The molecule has 5 nitrogen and oxygen atoms in total. The molecule has 2 aliphatic heterocycles. The van der Waals surface area contributed by atoms with E-state index in [-0.39, 0.29) is 0 Å². The van der Waals surface area contributed by atoms with E-state index < -0.39 is 17.5 Å². The van der Waals surface area contributed by atoms with E-state index in [0.29, 0.717) is 23.5 Å². The summed E-state index contributed by atoms with van der Waals surface area (Å²) < 4.78 is 24.1. The standard InChI is InChI=1S/C27H20O5/c1-29-20-13-11-19(12-14-20)27-16-18-9-5-6-10-21(18)25(32-27)24-23(31-27)15-22(30-26(24)28)17-7-3-2-4-8-17/h2-15,25H,16H2,1H3/t25-,27-/m0/s1. The van der Waals surface area contributed by atoms with Crippen molar-refractivity contribution in [3.05, 3.63) is 118 Å². The maximum absolute atomic E-state index is 13.1. The molecule has 0 spiro atoms. The summed E-state index contributed by atoms with van der Waals surface area (Å²) >= 11 is 0. The molecule has 0 fully saturated rings. The zero-order chi connectivity index (χ0) is 21.7. The molecule has 2 bridgehead atoms. The van der Waals surface area contributed by atoms with Gasteiger partial charge in [-0.05, 0) is 35.4 Å². The molecule has 0 amide bonds. The van der Waals surface area contributed by atoms with Gasteiger partial charge in [-0.15, -0.1) is 0 Å². The third-order valence-electron chi connectivity index (χ3n) is 6.14. The minimum atomic E-state index is -1.06. The molecular weight excluding hydrogens is 404 g/mol. The first-order valence-corrected chi connectivity index (χ1v) is 10.5. The summed E-state index contributed by atoms with van der Waals surface area (Å²) in [7, 11) is 1.63. The summed E-state index contributed by atoms with van der Waals surface area (Å²) in [6.07, 6.45) is -0.0568. The van der Waals surface area contributed by atoms with Crippen LogP contribution in [-0.4, -0.2) is 7.11 Å². The molecule has 4 aromatic rings. The van der Waals surface area contributed by atoms with Gasteiger partial charge in [0.25, 0.3) is 0 Å². The molecule has 0 aliphatic carbocycles. The van der Waals surface area contributed by atoms with E-state index in [1.165, 1.54) is 0 Å². The Morgan fingerprint density at radius 2 is 1.69 bits per heavy atom. The maximum atomic E-state index is 13.1. The Labute approximate surface area is 184 Å². The Kier molecular flexibility index (Phi) is 4.20. The summed E-state index contributed by atoms with van der Waals surface area (Å²) in [5, 5.41) is 0. The second-order valence-corrected chi connectivity index (χ2v) is 8.00. The molecule has 0 radical (unpaired) electrons. The zero-order valence-electron chi connectivity index (χ0n) is 17.4. The monoisotopic (exact) mass is 424 g/mol. The highest BCUT2D eigenvalue weighted by molar-refractivity contribution is 5.60. The third kappa shape index (κ3) is 2.86. The van der Waals surface area contributed by atoms with Crippen molar-refractivity contribution in [1.82, 2.24) is 0 Å². The highest BCUT2D eigenvalue weighted by Crippen LogP contribution is 2.51. The second-order valence-electron chi connectivity index (χ2n) is 8.00. The highest BCUT2D eigenvalue weighted by Gasteiger charge is 2.50. The SMILES string of the molecule is COc1ccc([C@]23Cc4ccccc4[C@H](O2)c2c(cc(-c4ccccc4)oc2=O)O3)cc1. The van der Waals surface area contributed by atoms with Crippen molar-refractivity contribution in [2.24, 2.45) is 0 Å². The van der Waals surface area contributed by atoms with Gasteiger partial charge in [0.05, 0.1) is 7.11 Å². The Balaban J connectivity index is 1.56. The van der Waals surface area contributed by atoms with E-state index in [9.17, 15) is 4.79 Å². The molecule has 1 aromatic heterocycles. The average molecular weight is 424 g/mol. The van der Waals surface area contributed by atoms with Crippen molar-refractivity contribution in [2.75, 3.05) is 7.11 Å². The van der Waals surface area contributed by atoms with Crippen LogP contribution >= 0.6 is 0 Å². The lowest BCUT2D eigenvalue weighted by atomic mass is 9.85. The number of rotatable bonds is 3. The second kappa shape index (κ2) is 7.11. The summed E-state index contributed by atoms with van der Waals surface area (Å²) in [6.45, 7) is 0. The van der Waals surface area contributed by atoms with Crippen LogP contribution in [0.25, 0.3) is 11.3 Å². The molecule has 3 heterocycles. The van der Waals surface area contributed by atoms with Gasteiger partial charge in [-0.2, -0.15) is 0 Å². The Hall–Kier alpha value is -3.83. The van der Waals surface area contributed by atoms with Crippen molar-refractivity contribution >= 4 is 0 Å². The smallest absolute Gasteiger partial charge is 0.346 e. The molecule has 3 aromatic carbocycles. The number of fused-ring (bicyclic) bond motifs is 6. The summed E-state index contributed by atoms with van der Waals surface area (Å²) in [5.41, 5.74) is 3.65. The molecule has 2 atom stereocenters. The molecule has 6 rings (SSSR count). The number of methoxy groups -OCH3 is 1. The molecule has 5 heteroatoms. The van der Waals surface area contributed by atoms with Gasteiger partial charge in [0.15, 0.2) is 0 Å². The van der Waals surface area contributed by atoms with Crippen molar-refractivity contribution in [2.45, 2.75) is 18.3 Å². The van der Waals surface area contributed by atoms with Gasteiger partial charge >= 0.3 is 5.63 Å². The average Bonchev–Trinajstić information content (AvgIpc) is 2.84. The number of hydrogen-bond donors (Lipinski definition) is 0. The fourth-order valence-corrected chi connectivity index (χ4v) is 4.57. The zero-order valence-corrected chi connectivity index (χ0v) is 17.4. The molecular formula is C27H20O5. The van der Waals surface area contributed by atoms with Crippen LogP contribution in [0, 0.1) is 0 Å². The van der Waals surface area contributed by atoms with Crippen molar-refractivity contribution in [3.63, 3.8) is 0 Å². The first-order valence-electron chi connectivity index (χ1n) is 10.5. The van der Waals surface area contributed by atoms with Crippen LogP contribution < -0.4 is 15.1 Å². The Morgan fingerprint density at radius 3 is 2.47 bits per heavy atom. The Morgan fingerprint density at radius 1 is 0.938 bits per heavy atom. The van der Waals surface area contributed by atoms with Gasteiger partial charge in [0.1, 0.15) is 28.9 Å². The van der Waals surface area contributed by atoms with Gasteiger partial charge in [0, 0.05) is 23.6 Å². The quantitative estimate of drug-likeness (QED) is 0.451. The van der Waals surface area contributed by atoms with E-state index in [2.05, 4.69) is 6.07 Å². The minimum absolute atomic E-state index is 0.390. The van der Waals surface area contributed by atoms with E-state index in [0.717, 1.165) is 28.0 Å². The lowest BCUT2D eigenvalue weighted by Gasteiger charge is -2.46. The first-order chi connectivity index (χ1) is 15.7. The van der Waals surface area contributed by atoms with E-state index in [1.807, 2.05) is 72.8 Å². The molecule has 32 heavy (non-hydrogen) atoms. The molecule has 0 saturated carbocycles. The number of benzene rings is 3. The fourth-order valence-electron chi connectivity index (χ4n) is 4.57. The van der Waals surface area contributed by atoms with Crippen LogP contribution in [-0.2, 0) is 16.9 Å². The third-order valence-corrected chi connectivity index (χ3v) is 6.14. The van der Waals surface area contributed by atoms with Crippen LogP contribution in [0.3, 0.4) is 0 Å². The fraction of sp³-hybridized carbons (Fsp3) is 0.148. The highest BCUT2D eigenvalue weighted by atomic mass is 16.7. The molecule has 0 unspecified atom stereocenters. The molecule has 2 aliphatic rings. The molecule has 158 valence electrons. The number of hydrogen-bond acceptors (Lipinski definition) is 5. The summed E-state index contributed by atoms with van der Waals surface area (Å²) in [6, 6.07) is 27.0. The van der Waals surface area contributed by atoms with E-state index in [4.69, 9.17) is 18.6 Å². The summed E-state index contributed by atoms with van der Waals surface area (Å²) in [5.74, 6) is 0.648. The first kappa shape index (κ1) is 18.9. The van der Waals surface area contributed by atoms with Crippen LogP contribution in [0.2, 0.25) is 0 Å². The topological polar surface area (TPSA) is 57.9 Å². The Bertz CT molecular complexity index is 1360. The maximum Gasteiger partial charge on any atom is 0.346 e. The number of ether oxygens (including phenoxy) is 3. The van der Waals surface area contributed by atoms with Gasteiger partial charge < -0.3 is 18.6 Å². The van der Waals surface area contributed by atoms with Crippen molar-refractivity contribution in [3.8, 4) is 22.8 Å². The lowest BCUT2D eigenvalue weighted by Crippen LogP contribution is -2.47. The normalized spacial score (nSPS) is 20.6. The predicted octanol–water partition coefficient (Wildman–Crippen LogP) is 5.22. The van der Waals surface area contributed by atoms with Crippen LogP contribution in [0.15, 0.2) is 94.1 Å². The van der Waals surface area contributed by atoms with E-state index in [1.54, 1.807) is 13.2 Å². The van der Waals surface area contributed by atoms with Crippen LogP contribution in [0.5, 0.6) is 11.5 Å². The summed E-state index contributed by atoms with van der Waals surface area (Å²) in [4.78, 5) is 13.1. The van der Waals surface area contributed by atoms with Gasteiger partial charge in [-0.25, -0.2) is 4.79 Å². The minimum Gasteiger partial charge on any atom is -0.497 e. The largest absolute Gasteiger partial charge is 0.497 e. The van der Waals surface area contributed by atoms with Crippen molar-refractivity contribution in [1.29, 1.82) is 0 Å². The van der Waals surface area contributed by atoms with Gasteiger partial charge in [-0.3, -0.25) is 0 Å². The molecule has 0 N–H and O–H groups in total. The molecule has 0 saturated heterocycles. The predicted molar refractivity (Wildman–Crippen MR) is 119 cm³/mol. The van der Waals surface area contributed by atoms with E-state index >= 15 is 0 Å². The van der Waals surface area contributed by atoms with Crippen LogP contribution in [0.1, 0.15) is 28.4 Å². The van der Waals surface area contributed by atoms with Gasteiger partial charge in [-0.1, -0.05) is 54.6 Å².